The summed E-state index contributed by atoms with van der Waals surface area (Å²) in [5, 5.41) is 31.1. The van der Waals surface area contributed by atoms with Crippen LogP contribution in [-0.4, -0.2) is 41.2 Å². The molecule has 0 bridgehead atoms. The van der Waals surface area contributed by atoms with Crippen molar-refractivity contribution >= 4 is 5.97 Å². The van der Waals surface area contributed by atoms with Crippen molar-refractivity contribution in [1.82, 2.24) is 4.90 Å². The van der Waals surface area contributed by atoms with Gasteiger partial charge in [0.1, 0.15) is 11.4 Å². The van der Waals surface area contributed by atoms with Crippen LogP contribution in [0, 0.1) is 23.1 Å². The minimum Gasteiger partial charge on any atom is -0.481 e. The van der Waals surface area contributed by atoms with Gasteiger partial charge < -0.3 is 15.1 Å². The first-order valence-electron chi connectivity index (χ1n) is 10.1. The van der Waals surface area contributed by atoms with E-state index in [0.29, 0.717) is 35.1 Å². The monoisotopic (exact) mass is 412 g/mol. The number of nitriles is 1. The number of hydrogen-bond acceptors (Lipinski definition) is 4. The van der Waals surface area contributed by atoms with Gasteiger partial charge in [-0.2, -0.15) is 5.26 Å². The number of carboxylic acids is 1. The Hall–Kier alpha value is -2.75. The Kier molecular flexibility index (Phi) is 7.71. The van der Waals surface area contributed by atoms with Crippen LogP contribution in [0.25, 0.3) is 0 Å². The first kappa shape index (κ1) is 23.5. The zero-order valence-corrected chi connectivity index (χ0v) is 17.9. The van der Waals surface area contributed by atoms with Crippen molar-refractivity contribution in [3.05, 3.63) is 70.5 Å². The van der Waals surface area contributed by atoms with Gasteiger partial charge in [0.15, 0.2) is 0 Å². The van der Waals surface area contributed by atoms with E-state index in [9.17, 15) is 24.7 Å². The van der Waals surface area contributed by atoms with Gasteiger partial charge in [-0.3, -0.25) is 4.79 Å². The first-order valence-corrected chi connectivity index (χ1v) is 10.1. The van der Waals surface area contributed by atoms with E-state index in [2.05, 4.69) is 6.07 Å². The summed E-state index contributed by atoms with van der Waals surface area (Å²) in [6.07, 6.45) is 1.20. The second-order valence-corrected chi connectivity index (χ2v) is 7.79. The highest BCUT2D eigenvalue weighted by molar-refractivity contribution is 5.70. The molecule has 3 atom stereocenters. The minimum absolute atomic E-state index is 0.185. The largest absolute Gasteiger partial charge is 0.481 e. The van der Waals surface area contributed by atoms with Crippen molar-refractivity contribution in [1.29, 1.82) is 5.26 Å². The lowest BCUT2D eigenvalue weighted by molar-refractivity contribution is -0.141. The molecule has 0 aliphatic rings. The number of aliphatic hydroxyl groups is 1. The van der Waals surface area contributed by atoms with Crippen LogP contribution in [0.3, 0.4) is 0 Å². The van der Waals surface area contributed by atoms with E-state index in [1.54, 1.807) is 37.3 Å². The lowest BCUT2D eigenvalue weighted by Crippen LogP contribution is -2.49. The number of hydrogen-bond donors (Lipinski definition) is 2. The Labute approximate surface area is 177 Å². The minimum atomic E-state index is -1.52. The van der Waals surface area contributed by atoms with Crippen LogP contribution in [0.5, 0.6) is 0 Å². The molecule has 0 aliphatic heterocycles. The SMILES string of the molecule is CC[C@H](Cc1cc(C#N)ccc1[C@](O)(c1ccc(F)cc1)[C@@H](CC)N(C)C)C(=O)O. The standard InChI is InChI=1S/C24H29FN2O3/c1-5-17(23(28)29)14-18-13-16(15-26)7-12-21(18)24(30,22(6-2)27(3)4)19-8-10-20(25)11-9-19/h7-13,17,22,30H,5-6,14H2,1-4H3,(H,28,29)/t17-,22-,24-/m1/s1. The zero-order valence-electron chi connectivity index (χ0n) is 17.9. The fourth-order valence-corrected chi connectivity index (χ4v) is 4.14. The molecule has 30 heavy (non-hydrogen) atoms. The van der Waals surface area contributed by atoms with E-state index in [1.807, 2.05) is 25.9 Å². The van der Waals surface area contributed by atoms with E-state index < -0.39 is 23.3 Å². The number of likely N-dealkylation sites (N-methyl/N-ethyl adjacent to an activating group) is 1. The predicted molar refractivity (Wildman–Crippen MR) is 113 cm³/mol. The van der Waals surface area contributed by atoms with E-state index in [4.69, 9.17) is 0 Å². The molecule has 2 aromatic carbocycles. The molecule has 0 spiro atoms. The smallest absolute Gasteiger partial charge is 0.306 e. The van der Waals surface area contributed by atoms with Gasteiger partial charge in [-0.05, 0) is 74.3 Å². The maximum absolute atomic E-state index is 13.6. The molecule has 160 valence electrons. The molecule has 2 aromatic rings. The molecule has 0 fully saturated rings. The predicted octanol–water partition coefficient (Wildman–Crippen LogP) is 3.93. The maximum atomic E-state index is 13.6. The third-order valence-electron chi connectivity index (χ3n) is 5.73. The summed E-state index contributed by atoms with van der Waals surface area (Å²) in [6.45, 7) is 3.75. The summed E-state index contributed by atoms with van der Waals surface area (Å²) in [5.41, 5.74) is 0.530. The molecule has 5 nitrogen and oxygen atoms in total. The highest BCUT2D eigenvalue weighted by atomic mass is 19.1. The Bertz CT molecular complexity index is 921. The van der Waals surface area contributed by atoms with Crippen LogP contribution >= 0.6 is 0 Å². The van der Waals surface area contributed by atoms with Crippen LogP contribution in [0.4, 0.5) is 4.39 Å². The molecule has 0 saturated heterocycles. The van der Waals surface area contributed by atoms with Crippen molar-refractivity contribution in [2.24, 2.45) is 5.92 Å². The third-order valence-corrected chi connectivity index (χ3v) is 5.73. The number of aliphatic carboxylic acids is 1. The molecule has 0 heterocycles. The first-order chi connectivity index (χ1) is 14.2. The highest BCUT2D eigenvalue weighted by Crippen LogP contribution is 2.39. The van der Waals surface area contributed by atoms with Crippen LogP contribution in [0.2, 0.25) is 0 Å². The molecule has 0 aliphatic carbocycles. The summed E-state index contributed by atoms with van der Waals surface area (Å²) < 4.78 is 13.6. The van der Waals surface area contributed by atoms with Gasteiger partial charge >= 0.3 is 5.97 Å². The van der Waals surface area contributed by atoms with Crippen LogP contribution in [-0.2, 0) is 16.8 Å². The molecule has 0 unspecified atom stereocenters. The lowest BCUT2D eigenvalue weighted by atomic mass is 9.75. The molecule has 0 aromatic heterocycles. The topological polar surface area (TPSA) is 84.6 Å². The summed E-state index contributed by atoms with van der Waals surface area (Å²) >= 11 is 0. The fraction of sp³-hybridized carbons (Fsp3) is 0.417. The zero-order chi connectivity index (χ0) is 22.5. The molecule has 0 amide bonds. The Morgan fingerprint density at radius 2 is 1.80 bits per heavy atom. The van der Waals surface area contributed by atoms with Gasteiger partial charge in [0.05, 0.1) is 17.6 Å². The fourth-order valence-electron chi connectivity index (χ4n) is 4.14. The van der Waals surface area contributed by atoms with Crippen LogP contribution < -0.4 is 0 Å². The van der Waals surface area contributed by atoms with E-state index >= 15 is 0 Å². The van der Waals surface area contributed by atoms with Crippen molar-refractivity contribution in [2.75, 3.05) is 14.1 Å². The molecule has 0 saturated carbocycles. The maximum Gasteiger partial charge on any atom is 0.306 e. The quantitative estimate of drug-likeness (QED) is 0.652. The summed E-state index contributed by atoms with van der Waals surface area (Å²) in [4.78, 5) is 13.6. The van der Waals surface area contributed by atoms with E-state index in [1.165, 1.54) is 12.1 Å². The number of halogens is 1. The normalized spacial score (nSPS) is 15.3. The highest BCUT2D eigenvalue weighted by Gasteiger charge is 2.42. The van der Waals surface area contributed by atoms with Gasteiger partial charge in [-0.15, -0.1) is 0 Å². The summed E-state index contributed by atoms with van der Waals surface area (Å²) in [7, 11) is 3.72. The summed E-state index contributed by atoms with van der Waals surface area (Å²) in [5.74, 6) is -1.97. The number of rotatable bonds is 9. The van der Waals surface area contributed by atoms with Crippen LogP contribution in [0.1, 0.15) is 48.9 Å². The van der Waals surface area contributed by atoms with Crippen LogP contribution in [0.15, 0.2) is 42.5 Å². The van der Waals surface area contributed by atoms with Gasteiger partial charge in [0.2, 0.25) is 0 Å². The Morgan fingerprint density at radius 1 is 1.17 bits per heavy atom. The number of carbonyl (C=O) groups is 1. The second-order valence-electron chi connectivity index (χ2n) is 7.79. The van der Waals surface area contributed by atoms with Crippen molar-refractivity contribution in [3.8, 4) is 6.07 Å². The van der Waals surface area contributed by atoms with Gasteiger partial charge in [-0.25, -0.2) is 4.39 Å². The molecular weight excluding hydrogens is 383 g/mol. The average molecular weight is 413 g/mol. The van der Waals surface area contributed by atoms with Gasteiger partial charge in [-0.1, -0.05) is 32.0 Å². The molecule has 6 heteroatoms. The molecule has 0 radical (unpaired) electrons. The molecule has 2 rings (SSSR count). The van der Waals surface area contributed by atoms with Gasteiger partial charge in [0.25, 0.3) is 0 Å². The Balaban J connectivity index is 2.78. The molecule has 2 N–H and O–H groups in total. The van der Waals surface area contributed by atoms with Crippen molar-refractivity contribution in [2.45, 2.75) is 44.8 Å². The van der Waals surface area contributed by atoms with E-state index in [0.717, 1.165) is 0 Å². The van der Waals surface area contributed by atoms with E-state index in [-0.39, 0.29) is 12.5 Å². The molecular formula is C24H29FN2O3. The number of benzene rings is 2. The third kappa shape index (κ3) is 4.69. The van der Waals surface area contributed by atoms with Crippen molar-refractivity contribution in [3.63, 3.8) is 0 Å². The Morgan fingerprint density at radius 3 is 2.27 bits per heavy atom. The number of carboxylic acid groups (broad SMARTS) is 1. The lowest BCUT2D eigenvalue weighted by Gasteiger charge is -2.41. The summed E-state index contributed by atoms with van der Waals surface area (Å²) in [6, 6.07) is 12.4. The average Bonchev–Trinajstić information content (AvgIpc) is 2.71. The van der Waals surface area contributed by atoms with Crippen molar-refractivity contribution < 1.29 is 19.4 Å². The van der Waals surface area contributed by atoms with Gasteiger partial charge in [0, 0.05) is 6.04 Å². The number of nitrogens with zero attached hydrogens (tertiary/aromatic N) is 2. The second kappa shape index (κ2) is 9.84.